The van der Waals surface area contributed by atoms with Gasteiger partial charge in [-0.3, -0.25) is 20.5 Å². The van der Waals surface area contributed by atoms with Crippen molar-refractivity contribution < 1.29 is 4.79 Å². The molecular weight excluding hydrogens is 420 g/mol. The van der Waals surface area contributed by atoms with Crippen LogP contribution in [0.25, 0.3) is 0 Å². The van der Waals surface area contributed by atoms with Crippen molar-refractivity contribution in [2.45, 2.75) is 26.1 Å². The van der Waals surface area contributed by atoms with Crippen LogP contribution in [0.2, 0.25) is 5.02 Å². The maximum absolute atomic E-state index is 12.5. The molecule has 0 spiro atoms. The number of aliphatic imine (C=N–C) groups is 1. The largest absolute Gasteiger partial charge is 0.324 e. The molecule has 0 aliphatic carbocycles. The first-order chi connectivity index (χ1) is 14.5. The summed E-state index contributed by atoms with van der Waals surface area (Å²) in [5, 5.41) is 12.8. The second kappa shape index (κ2) is 8.77. The lowest BCUT2D eigenvalue weighted by molar-refractivity contribution is -0.113. The number of rotatable bonds is 4. The molecular formula is C21H23ClN6OS. The van der Waals surface area contributed by atoms with Gasteiger partial charge in [0.1, 0.15) is 12.0 Å². The van der Waals surface area contributed by atoms with Gasteiger partial charge in [-0.2, -0.15) is 0 Å². The van der Waals surface area contributed by atoms with Crippen molar-refractivity contribution in [3.63, 3.8) is 0 Å². The Morgan fingerprint density at radius 1 is 1.23 bits per heavy atom. The van der Waals surface area contributed by atoms with Crippen molar-refractivity contribution in [2.24, 2.45) is 10.9 Å². The number of hydrogen-bond donors (Lipinski definition) is 4. The van der Waals surface area contributed by atoms with E-state index < -0.39 is 0 Å². The number of nitrogens with one attached hydrogen (secondary N) is 4. The third-order valence-corrected chi connectivity index (χ3v) is 6.45. The molecule has 7 nitrogen and oxygen atoms in total. The zero-order valence-electron chi connectivity index (χ0n) is 16.6. The van der Waals surface area contributed by atoms with Crippen LogP contribution < -0.4 is 21.1 Å². The highest BCUT2D eigenvalue weighted by atomic mass is 35.5. The fraction of sp³-hybridized carbons (Fsp3) is 0.286. The van der Waals surface area contributed by atoms with E-state index in [0.29, 0.717) is 21.7 Å². The molecule has 30 heavy (non-hydrogen) atoms. The van der Waals surface area contributed by atoms with E-state index in [0.717, 1.165) is 11.3 Å². The number of hydrazine groups is 1. The Balaban J connectivity index is 1.57. The molecule has 2 aromatic carbocycles. The van der Waals surface area contributed by atoms with Crippen LogP contribution in [-0.4, -0.2) is 34.9 Å². The summed E-state index contributed by atoms with van der Waals surface area (Å²) in [6.07, 6.45) is -0.234. The van der Waals surface area contributed by atoms with E-state index >= 15 is 0 Å². The number of nitrogens with zero attached hydrogens (tertiary/aromatic N) is 2. The zero-order valence-corrected chi connectivity index (χ0v) is 18.2. The predicted octanol–water partition coefficient (Wildman–Crippen LogP) is 3.61. The number of carbonyl (C=O) groups is 1. The number of fused-ring (bicyclic) bond motifs is 1. The van der Waals surface area contributed by atoms with Crippen LogP contribution in [0.4, 0.5) is 11.4 Å². The molecule has 3 unspecified atom stereocenters. The lowest BCUT2D eigenvalue weighted by Gasteiger charge is -2.36. The first-order valence-electron chi connectivity index (χ1n) is 9.66. The molecule has 1 amide bonds. The van der Waals surface area contributed by atoms with Gasteiger partial charge in [-0.15, -0.1) is 0 Å². The monoisotopic (exact) mass is 442 g/mol. The Kier molecular flexibility index (Phi) is 6.10. The second-order valence-corrected chi connectivity index (χ2v) is 8.63. The van der Waals surface area contributed by atoms with Gasteiger partial charge in [0.15, 0.2) is 5.17 Å². The number of thioether (sulfide) groups is 1. The molecule has 9 heteroatoms. The number of amides is 1. The van der Waals surface area contributed by atoms with Crippen molar-refractivity contribution in [3.05, 3.63) is 59.1 Å². The summed E-state index contributed by atoms with van der Waals surface area (Å²) in [6, 6.07) is 15.1. The highest BCUT2D eigenvalue weighted by Crippen LogP contribution is 2.33. The van der Waals surface area contributed by atoms with E-state index in [9.17, 15) is 4.79 Å². The minimum atomic E-state index is -0.234. The molecule has 4 rings (SSSR count). The number of amidine groups is 2. The Bertz CT molecular complexity index is 1010. The molecule has 0 radical (unpaired) electrons. The van der Waals surface area contributed by atoms with Gasteiger partial charge in [-0.1, -0.05) is 53.7 Å². The maximum atomic E-state index is 12.5. The molecule has 2 aliphatic heterocycles. The van der Waals surface area contributed by atoms with Crippen LogP contribution >= 0.6 is 23.4 Å². The van der Waals surface area contributed by atoms with Crippen molar-refractivity contribution >= 4 is 51.6 Å². The number of carbonyl (C=O) groups excluding carboxylic acids is 1. The summed E-state index contributed by atoms with van der Waals surface area (Å²) in [7, 11) is 0. The standard InChI is InChI=1S/C21H23ClN6OS/c1-12-7-3-6-10-16(12)28-19(23)18-13(2)26-27-20(18)25-21(28)30-11-17(29)24-15-9-5-4-8-14(15)22/h3-10,13,18,20,23,26-27H,11H2,1-2H3,(H,24,29). The van der Waals surface area contributed by atoms with Gasteiger partial charge in [0.25, 0.3) is 0 Å². The second-order valence-electron chi connectivity index (χ2n) is 7.28. The summed E-state index contributed by atoms with van der Waals surface area (Å²) in [6.45, 7) is 4.04. The Labute approximate surface area is 184 Å². The fourth-order valence-corrected chi connectivity index (χ4v) is 4.65. The average molecular weight is 443 g/mol. The SMILES string of the molecule is Cc1ccccc1N1C(=N)C2C(C)NNC2N=C1SCC(=O)Nc1ccccc1Cl. The number of aryl methyl sites for hydroxylation is 1. The maximum Gasteiger partial charge on any atom is 0.234 e. The highest BCUT2D eigenvalue weighted by Gasteiger charge is 2.44. The average Bonchev–Trinajstić information content (AvgIpc) is 3.10. The molecule has 4 N–H and O–H groups in total. The van der Waals surface area contributed by atoms with E-state index in [1.54, 1.807) is 12.1 Å². The van der Waals surface area contributed by atoms with Gasteiger partial charge in [0.05, 0.1) is 28.1 Å². The van der Waals surface area contributed by atoms with Crippen molar-refractivity contribution in [3.8, 4) is 0 Å². The van der Waals surface area contributed by atoms with E-state index in [1.807, 2.05) is 55.1 Å². The van der Waals surface area contributed by atoms with Gasteiger partial charge in [-0.05, 0) is 37.6 Å². The Hall–Kier alpha value is -2.39. The molecule has 0 bridgehead atoms. The third-order valence-electron chi connectivity index (χ3n) is 5.17. The number of anilines is 2. The normalized spacial score (nSPS) is 23.2. The topological polar surface area (TPSA) is 92.6 Å². The number of hydrogen-bond acceptors (Lipinski definition) is 6. The molecule has 156 valence electrons. The summed E-state index contributed by atoms with van der Waals surface area (Å²) in [4.78, 5) is 19.2. The number of para-hydroxylation sites is 2. The van der Waals surface area contributed by atoms with Gasteiger partial charge in [-0.25, -0.2) is 10.4 Å². The van der Waals surface area contributed by atoms with Crippen LogP contribution in [0, 0.1) is 18.3 Å². The third kappa shape index (κ3) is 4.09. The Morgan fingerprint density at radius 2 is 1.97 bits per heavy atom. The van der Waals surface area contributed by atoms with Crippen LogP contribution in [0.5, 0.6) is 0 Å². The lowest BCUT2D eigenvalue weighted by Crippen LogP contribution is -2.50. The molecule has 2 aliphatic rings. The molecule has 2 heterocycles. The lowest BCUT2D eigenvalue weighted by atomic mass is 9.96. The van der Waals surface area contributed by atoms with Crippen LogP contribution in [0.1, 0.15) is 12.5 Å². The fourth-order valence-electron chi connectivity index (χ4n) is 3.63. The van der Waals surface area contributed by atoms with E-state index in [1.165, 1.54) is 11.8 Å². The molecule has 0 saturated carbocycles. The summed E-state index contributed by atoms with van der Waals surface area (Å²) in [5.74, 6) is 0.342. The van der Waals surface area contributed by atoms with Gasteiger partial charge in [0.2, 0.25) is 5.91 Å². The van der Waals surface area contributed by atoms with Crippen LogP contribution in [0.15, 0.2) is 53.5 Å². The summed E-state index contributed by atoms with van der Waals surface area (Å²) < 4.78 is 0. The molecule has 2 aromatic rings. The van der Waals surface area contributed by atoms with Crippen molar-refractivity contribution in [1.29, 1.82) is 5.41 Å². The van der Waals surface area contributed by atoms with Crippen molar-refractivity contribution in [1.82, 2.24) is 10.9 Å². The summed E-state index contributed by atoms with van der Waals surface area (Å²) >= 11 is 7.44. The van der Waals surface area contributed by atoms with Gasteiger partial charge >= 0.3 is 0 Å². The van der Waals surface area contributed by atoms with Crippen molar-refractivity contribution in [2.75, 3.05) is 16.0 Å². The highest BCUT2D eigenvalue weighted by molar-refractivity contribution is 8.14. The van der Waals surface area contributed by atoms with Gasteiger partial charge < -0.3 is 5.32 Å². The minimum Gasteiger partial charge on any atom is -0.324 e. The minimum absolute atomic E-state index is 0.0767. The Morgan fingerprint density at radius 3 is 2.73 bits per heavy atom. The first-order valence-corrected chi connectivity index (χ1v) is 11.0. The van der Waals surface area contributed by atoms with E-state index in [4.69, 9.17) is 22.0 Å². The smallest absolute Gasteiger partial charge is 0.234 e. The zero-order chi connectivity index (χ0) is 21.3. The van der Waals surface area contributed by atoms with Crippen LogP contribution in [0.3, 0.4) is 0 Å². The number of benzene rings is 2. The molecule has 0 aromatic heterocycles. The molecule has 3 atom stereocenters. The van der Waals surface area contributed by atoms with E-state index in [2.05, 4.69) is 16.2 Å². The first kappa shape index (κ1) is 20.9. The van der Waals surface area contributed by atoms with Gasteiger partial charge in [0, 0.05) is 6.04 Å². The van der Waals surface area contributed by atoms with E-state index in [-0.39, 0.29) is 29.8 Å². The summed E-state index contributed by atoms with van der Waals surface area (Å²) in [5.41, 5.74) is 8.85. The molecule has 1 saturated heterocycles. The predicted molar refractivity (Wildman–Crippen MR) is 124 cm³/mol. The quantitative estimate of drug-likeness (QED) is 0.580. The number of halogens is 1. The van der Waals surface area contributed by atoms with Crippen LogP contribution in [-0.2, 0) is 4.79 Å². The molecule has 1 fully saturated rings.